The molecule has 1 atom stereocenters. The summed E-state index contributed by atoms with van der Waals surface area (Å²) >= 11 is 4.86. The van der Waals surface area contributed by atoms with Crippen LogP contribution in [0, 0.1) is 0 Å². The highest BCUT2D eigenvalue weighted by atomic mass is 32.1. The van der Waals surface area contributed by atoms with Gasteiger partial charge in [0.15, 0.2) is 0 Å². The van der Waals surface area contributed by atoms with Crippen molar-refractivity contribution in [3.05, 3.63) is 0 Å². The Labute approximate surface area is 80.7 Å². The van der Waals surface area contributed by atoms with Crippen LogP contribution in [0.3, 0.4) is 0 Å². The second kappa shape index (κ2) is 7.50. The highest BCUT2D eigenvalue weighted by Crippen LogP contribution is 2.10. The van der Waals surface area contributed by atoms with Gasteiger partial charge in [-0.15, -0.1) is 0 Å². The third-order valence-corrected chi connectivity index (χ3v) is 1.75. The smallest absolute Gasteiger partial charge is 0.0748 e. The summed E-state index contributed by atoms with van der Waals surface area (Å²) in [5.41, 5.74) is 0. The lowest BCUT2D eigenvalue weighted by Gasteiger charge is -2.09. The molecule has 0 aliphatic carbocycles. The summed E-state index contributed by atoms with van der Waals surface area (Å²) in [7, 11) is 0. The van der Waals surface area contributed by atoms with Crippen LogP contribution in [0.25, 0.3) is 0 Å². The third kappa shape index (κ3) is 5.49. The van der Waals surface area contributed by atoms with E-state index in [2.05, 4.69) is 5.32 Å². The zero-order chi connectivity index (χ0) is 9.40. The summed E-state index contributed by atoms with van der Waals surface area (Å²) in [6.07, 6.45) is 2.77. The van der Waals surface area contributed by atoms with Gasteiger partial charge in [-0.2, -0.15) is 0 Å². The van der Waals surface area contributed by atoms with E-state index in [4.69, 9.17) is 17.0 Å². The highest BCUT2D eigenvalue weighted by Gasteiger charge is 2.14. The minimum Gasteiger partial charge on any atom is -0.377 e. The summed E-state index contributed by atoms with van der Waals surface area (Å²) in [5, 5.41) is 3.09. The fraction of sp³-hybridized carbons (Fsp3) is 0.889. The molecule has 1 aliphatic rings. The number of thiocarbonyl (C=S) groups is 1. The fourth-order valence-corrected chi connectivity index (χ4v) is 1.15. The summed E-state index contributed by atoms with van der Waals surface area (Å²) in [6.45, 7) is 7.70. The van der Waals surface area contributed by atoms with E-state index in [1.165, 1.54) is 12.8 Å². The second-order valence-corrected chi connectivity index (χ2v) is 3.18. The van der Waals surface area contributed by atoms with Gasteiger partial charge in [0.25, 0.3) is 0 Å². The summed E-state index contributed by atoms with van der Waals surface area (Å²) in [4.78, 5) is 0.857. The van der Waals surface area contributed by atoms with Gasteiger partial charge < -0.3 is 10.1 Å². The van der Waals surface area contributed by atoms with E-state index in [9.17, 15) is 0 Å². The number of rotatable bonds is 2. The Morgan fingerprint density at radius 1 is 1.58 bits per heavy atom. The molecule has 0 spiro atoms. The van der Waals surface area contributed by atoms with Crippen LogP contribution in [0.1, 0.15) is 33.6 Å². The van der Waals surface area contributed by atoms with E-state index in [-0.39, 0.29) is 0 Å². The summed E-state index contributed by atoms with van der Waals surface area (Å²) in [6, 6.07) is 0. The average Bonchev–Trinajstić information content (AvgIpc) is 2.56. The lowest BCUT2D eigenvalue weighted by atomic mass is 10.2. The predicted molar refractivity (Wildman–Crippen MR) is 56.6 cm³/mol. The molecular weight excluding hydrogens is 170 g/mol. The Morgan fingerprint density at radius 3 is 2.67 bits per heavy atom. The predicted octanol–water partition coefficient (Wildman–Crippen LogP) is 2.13. The molecule has 12 heavy (non-hydrogen) atoms. The molecule has 1 saturated heterocycles. The topological polar surface area (TPSA) is 21.3 Å². The monoisotopic (exact) mass is 189 g/mol. The second-order valence-electron chi connectivity index (χ2n) is 2.57. The molecule has 2 nitrogen and oxygen atoms in total. The first-order valence-electron chi connectivity index (χ1n) is 4.65. The van der Waals surface area contributed by atoms with Crippen molar-refractivity contribution in [2.24, 2.45) is 0 Å². The van der Waals surface area contributed by atoms with Gasteiger partial charge in [0.05, 0.1) is 11.1 Å². The Hall–Kier alpha value is -0.150. The van der Waals surface area contributed by atoms with Gasteiger partial charge in [0.1, 0.15) is 0 Å². The SMILES string of the molecule is CC.CC(=S)NCC1CCCO1. The van der Waals surface area contributed by atoms with E-state index >= 15 is 0 Å². The minimum absolute atomic E-state index is 0.401. The number of ether oxygens (including phenoxy) is 1. The zero-order valence-electron chi connectivity index (χ0n) is 8.22. The molecule has 0 aromatic heterocycles. The van der Waals surface area contributed by atoms with Gasteiger partial charge in [0, 0.05) is 13.2 Å². The molecular formula is C9H19NOS. The maximum absolute atomic E-state index is 5.38. The van der Waals surface area contributed by atoms with Crippen LogP contribution in [0.4, 0.5) is 0 Å². The molecule has 1 rings (SSSR count). The molecule has 0 bridgehead atoms. The van der Waals surface area contributed by atoms with Gasteiger partial charge in [0.2, 0.25) is 0 Å². The van der Waals surface area contributed by atoms with Gasteiger partial charge in [-0.1, -0.05) is 26.1 Å². The maximum Gasteiger partial charge on any atom is 0.0748 e. The average molecular weight is 189 g/mol. The lowest BCUT2D eigenvalue weighted by molar-refractivity contribution is 0.114. The van der Waals surface area contributed by atoms with Crippen molar-refractivity contribution in [1.29, 1.82) is 0 Å². The maximum atomic E-state index is 5.38. The molecule has 1 N–H and O–H groups in total. The molecule has 72 valence electrons. The molecule has 1 aliphatic heterocycles. The van der Waals surface area contributed by atoms with E-state index < -0.39 is 0 Å². The van der Waals surface area contributed by atoms with Crippen molar-refractivity contribution in [3.63, 3.8) is 0 Å². The minimum atomic E-state index is 0.401. The molecule has 0 radical (unpaired) electrons. The molecule has 1 unspecified atom stereocenters. The Kier molecular flexibility index (Phi) is 7.40. The molecule has 0 aromatic rings. The molecule has 0 saturated carbocycles. The van der Waals surface area contributed by atoms with Gasteiger partial charge >= 0.3 is 0 Å². The van der Waals surface area contributed by atoms with E-state index in [1.807, 2.05) is 20.8 Å². The van der Waals surface area contributed by atoms with Crippen molar-refractivity contribution >= 4 is 17.2 Å². The largest absolute Gasteiger partial charge is 0.377 e. The number of hydrogen-bond acceptors (Lipinski definition) is 2. The van der Waals surface area contributed by atoms with E-state index in [0.717, 1.165) is 18.1 Å². The highest BCUT2D eigenvalue weighted by molar-refractivity contribution is 7.80. The van der Waals surface area contributed by atoms with E-state index in [0.29, 0.717) is 6.10 Å². The van der Waals surface area contributed by atoms with Crippen molar-refractivity contribution < 1.29 is 4.74 Å². The van der Waals surface area contributed by atoms with Crippen molar-refractivity contribution in [1.82, 2.24) is 5.32 Å². The van der Waals surface area contributed by atoms with Crippen molar-refractivity contribution in [3.8, 4) is 0 Å². The van der Waals surface area contributed by atoms with Gasteiger partial charge in [-0.05, 0) is 19.8 Å². The first-order chi connectivity index (χ1) is 5.79. The lowest BCUT2D eigenvalue weighted by Crippen LogP contribution is -2.28. The fourth-order valence-electron chi connectivity index (χ4n) is 1.06. The summed E-state index contributed by atoms with van der Waals surface area (Å²) in [5.74, 6) is 0. The van der Waals surface area contributed by atoms with Crippen LogP contribution in [-0.4, -0.2) is 24.2 Å². The quantitative estimate of drug-likeness (QED) is 0.672. The molecule has 0 aromatic carbocycles. The number of nitrogens with one attached hydrogen (secondary N) is 1. The Morgan fingerprint density at radius 2 is 2.25 bits per heavy atom. The van der Waals surface area contributed by atoms with Crippen molar-refractivity contribution in [2.45, 2.75) is 39.7 Å². The van der Waals surface area contributed by atoms with Crippen LogP contribution in [-0.2, 0) is 4.74 Å². The van der Waals surface area contributed by atoms with Crippen LogP contribution >= 0.6 is 12.2 Å². The molecule has 0 amide bonds. The Bertz CT molecular complexity index is 122. The molecule has 1 heterocycles. The zero-order valence-corrected chi connectivity index (χ0v) is 9.04. The van der Waals surface area contributed by atoms with Crippen LogP contribution in [0.15, 0.2) is 0 Å². The normalized spacial score (nSPS) is 21.1. The number of hydrogen-bond donors (Lipinski definition) is 1. The van der Waals surface area contributed by atoms with Crippen LogP contribution in [0.5, 0.6) is 0 Å². The van der Waals surface area contributed by atoms with Crippen LogP contribution in [0.2, 0.25) is 0 Å². The summed E-state index contributed by atoms with van der Waals surface area (Å²) < 4.78 is 5.38. The van der Waals surface area contributed by atoms with Gasteiger partial charge in [-0.3, -0.25) is 0 Å². The first kappa shape index (κ1) is 11.8. The van der Waals surface area contributed by atoms with Crippen LogP contribution < -0.4 is 5.32 Å². The molecule has 3 heteroatoms. The van der Waals surface area contributed by atoms with Gasteiger partial charge in [-0.25, -0.2) is 0 Å². The molecule has 1 fully saturated rings. The first-order valence-corrected chi connectivity index (χ1v) is 5.06. The Balaban J connectivity index is 0.000000561. The van der Waals surface area contributed by atoms with Crippen molar-refractivity contribution in [2.75, 3.05) is 13.2 Å². The van der Waals surface area contributed by atoms with E-state index in [1.54, 1.807) is 0 Å². The third-order valence-electron chi connectivity index (χ3n) is 1.60. The standard InChI is InChI=1S/C7H13NOS.C2H6/c1-6(10)8-5-7-3-2-4-9-7;1-2/h7H,2-5H2,1H3,(H,8,10);1-2H3.